The van der Waals surface area contributed by atoms with Crippen LogP contribution < -0.4 is 30.0 Å². The molecule has 1 saturated heterocycles. The molecule has 4 rings (SSSR count). The van der Waals surface area contributed by atoms with Gasteiger partial charge in [0.05, 0.1) is 20.8 Å². The van der Waals surface area contributed by atoms with E-state index in [1.165, 1.54) is 0 Å². The number of guanidine groups is 1. The van der Waals surface area contributed by atoms with Crippen molar-refractivity contribution in [3.05, 3.63) is 42.0 Å². The Morgan fingerprint density at radius 3 is 2.57 bits per heavy atom. The maximum Gasteiger partial charge on any atom is 0.231 e. The van der Waals surface area contributed by atoms with Gasteiger partial charge < -0.3 is 34.7 Å². The van der Waals surface area contributed by atoms with Crippen LogP contribution >= 0.6 is 0 Å². The molecule has 0 atom stereocenters. The lowest BCUT2D eigenvalue weighted by molar-refractivity contribution is 0.0531. The number of benzene rings is 2. The Hall–Kier alpha value is -3.13. The second-order valence-corrected chi connectivity index (χ2v) is 7.36. The normalized spacial score (nSPS) is 17.5. The van der Waals surface area contributed by atoms with Gasteiger partial charge in [0, 0.05) is 30.4 Å². The van der Waals surface area contributed by atoms with Crippen LogP contribution in [-0.4, -0.2) is 46.7 Å². The van der Waals surface area contributed by atoms with E-state index in [1.807, 2.05) is 24.3 Å². The summed E-state index contributed by atoms with van der Waals surface area (Å²) >= 11 is 0. The molecular weight excluding hydrogens is 386 g/mol. The van der Waals surface area contributed by atoms with Crippen molar-refractivity contribution in [2.75, 3.05) is 46.1 Å². The lowest BCUT2D eigenvalue weighted by Crippen LogP contribution is -2.38. The lowest BCUT2D eigenvalue weighted by Gasteiger charge is -2.36. The van der Waals surface area contributed by atoms with Crippen molar-refractivity contribution in [1.29, 1.82) is 0 Å². The lowest BCUT2D eigenvalue weighted by atomic mass is 9.74. The van der Waals surface area contributed by atoms with Crippen molar-refractivity contribution in [1.82, 2.24) is 0 Å². The molecule has 0 saturated carbocycles. The Morgan fingerprint density at radius 2 is 1.80 bits per heavy atom. The van der Waals surface area contributed by atoms with Crippen LogP contribution in [0.25, 0.3) is 0 Å². The number of hydrogen-bond donors (Lipinski definition) is 2. The predicted molar refractivity (Wildman–Crippen MR) is 114 cm³/mol. The number of nitrogens with two attached hydrogens (primary N) is 1. The molecule has 1 fully saturated rings. The fourth-order valence-electron chi connectivity index (χ4n) is 3.86. The summed E-state index contributed by atoms with van der Waals surface area (Å²) in [7, 11) is 3.20. The summed E-state index contributed by atoms with van der Waals surface area (Å²) < 4.78 is 27.2. The van der Waals surface area contributed by atoms with E-state index < -0.39 is 0 Å². The highest BCUT2D eigenvalue weighted by Gasteiger charge is 2.35. The first-order chi connectivity index (χ1) is 14.6. The van der Waals surface area contributed by atoms with Crippen molar-refractivity contribution in [3.63, 3.8) is 0 Å². The van der Waals surface area contributed by atoms with Gasteiger partial charge in [-0.1, -0.05) is 6.07 Å². The Morgan fingerprint density at radius 1 is 1.03 bits per heavy atom. The molecule has 3 N–H and O–H groups in total. The van der Waals surface area contributed by atoms with Crippen molar-refractivity contribution in [2.45, 2.75) is 18.3 Å². The number of rotatable bonds is 6. The molecule has 0 amide bonds. The molecule has 0 unspecified atom stereocenters. The highest BCUT2D eigenvalue weighted by Crippen LogP contribution is 2.41. The smallest absolute Gasteiger partial charge is 0.231 e. The molecule has 2 aromatic carbocycles. The Labute approximate surface area is 175 Å². The number of anilines is 1. The van der Waals surface area contributed by atoms with E-state index in [4.69, 9.17) is 29.4 Å². The molecule has 2 aliphatic heterocycles. The monoisotopic (exact) mass is 413 g/mol. The molecule has 8 nitrogen and oxygen atoms in total. The van der Waals surface area contributed by atoms with E-state index in [2.05, 4.69) is 22.4 Å². The molecular formula is C22H27N3O5. The van der Waals surface area contributed by atoms with Gasteiger partial charge in [0.15, 0.2) is 29.0 Å². The topological polar surface area (TPSA) is 96.6 Å². The van der Waals surface area contributed by atoms with Gasteiger partial charge in [0.2, 0.25) is 6.79 Å². The predicted octanol–water partition coefficient (Wildman–Crippen LogP) is 2.91. The maximum atomic E-state index is 6.20. The number of hydrogen-bond acceptors (Lipinski definition) is 6. The summed E-state index contributed by atoms with van der Waals surface area (Å²) in [4.78, 5) is 4.67. The van der Waals surface area contributed by atoms with Crippen LogP contribution in [0.5, 0.6) is 23.0 Å². The molecule has 2 heterocycles. The van der Waals surface area contributed by atoms with E-state index in [-0.39, 0.29) is 12.2 Å². The summed E-state index contributed by atoms with van der Waals surface area (Å²) in [5, 5.41) is 3.13. The van der Waals surface area contributed by atoms with Crippen LogP contribution in [0.2, 0.25) is 0 Å². The van der Waals surface area contributed by atoms with Gasteiger partial charge >= 0.3 is 0 Å². The van der Waals surface area contributed by atoms with E-state index in [0.29, 0.717) is 37.2 Å². The van der Waals surface area contributed by atoms with E-state index in [0.717, 1.165) is 35.6 Å². The SMILES string of the molecule is COc1ccc(NC(N)=NCC2(c3ccc4c(c3)OCO4)CCOCC2)cc1OC. The Bertz CT molecular complexity index is 925. The second-order valence-electron chi connectivity index (χ2n) is 7.36. The molecule has 0 radical (unpaired) electrons. The van der Waals surface area contributed by atoms with Gasteiger partial charge in [-0.3, -0.25) is 4.99 Å². The number of nitrogens with zero attached hydrogens (tertiary/aromatic N) is 1. The van der Waals surface area contributed by atoms with Gasteiger partial charge in [-0.05, 0) is 42.7 Å². The van der Waals surface area contributed by atoms with Crippen LogP contribution in [0.1, 0.15) is 18.4 Å². The van der Waals surface area contributed by atoms with Gasteiger partial charge in [0.1, 0.15) is 0 Å². The van der Waals surface area contributed by atoms with Gasteiger partial charge in [-0.25, -0.2) is 0 Å². The minimum atomic E-state index is -0.164. The van der Waals surface area contributed by atoms with E-state index >= 15 is 0 Å². The zero-order valence-corrected chi connectivity index (χ0v) is 17.3. The fraction of sp³-hybridized carbons (Fsp3) is 0.409. The quantitative estimate of drug-likeness (QED) is 0.555. The largest absolute Gasteiger partial charge is 0.493 e. The third-order valence-electron chi connectivity index (χ3n) is 5.64. The number of aliphatic imine (C=N–C) groups is 1. The summed E-state index contributed by atoms with van der Waals surface area (Å²) in [6, 6.07) is 11.6. The summed E-state index contributed by atoms with van der Waals surface area (Å²) in [5.74, 6) is 3.17. The Balaban J connectivity index is 1.53. The Kier molecular flexibility index (Phi) is 5.85. The van der Waals surface area contributed by atoms with Gasteiger partial charge in [-0.2, -0.15) is 0 Å². The van der Waals surface area contributed by atoms with Crippen LogP contribution in [-0.2, 0) is 10.2 Å². The first-order valence-corrected chi connectivity index (χ1v) is 9.90. The number of methoxy groups -OCH3 is 2. The van der Waals surface area contributed by atoms with Crippen LogP contribution in [0, 0.1) is 0 Å². The average Bonchev–Trinajstić information content (AvgIpc) is 3.26. The number of ether oxygens (including phenoxy) is 5. The molecule has 8 heteroatoms. The molecule has 160 valence electrons. The maximum absolute atomic E-state index is 6.20. The molecule has 30 heavy (non-hydrogen) atoms. The van der Waals surface area contributed by atoms with Crippen molar-refractivity contribution >= 4 is 11.6 Å². The third-order valence-corrected chi connectivity index (χ3v) is 5.64. The molecule has 2 aliphatic rings. The third kappa shape index (κ3) is 4.09. The zero-order valence-electron chi connectivity index (χ0n) is 17.3. The van der Waals surface area contributed by atoms with E-state index in [9.17, 15) is 0 Å². The van der Waals surface area contributed by atoms with E-state index in [1.54, 1.807) is 14.2 Å². The molecule has 0 spiro atoms. The standard InChI is InChI=1S/C22H27N3O5/c1-26-17-6-4-16(12-19(17)27-2)25-21(23)24-13-22(7-9-28-10-8-22)15-3-5-18-20(11-15)30-14-29-18/h3-6,11-12H,7-10,13-14H2,1-2H3,(H3,23,24,25). The summed E-state index contributed by atoms with van der Waals surface area (Å²) in [6.45, 7) is 2.18. The molecule has 2 aromatic rings. The number of nitrogens with one attached hydrogen (secondary N) is 1. The number of fused-ring (bicyclic) bond motifs is 1. The summed E-state index contributed by atoms with van der Waals surface area (Å²) in [5.41, 5.74) is 7.98. The molecule has 0 aliphatic carbocycles. The van der Waals surface area contributed by atoms with Gasteiger partial charge in [-0.15, -0.1) is 0 Å². The van der Waals surface area contributed by atoms with Crippen molar-refractivity contribution in [2.24, 2.45) is 10.7 Å². The minimum absolute atomic E-state index is 0.164. The molecule has 0 aromatic heterocycles. The first kappa shape index (κ1) is 20.2. The fourth-order valence-corrected chi connectivity index (χ4v) is 3.86. The first-order valence-electron chi connectivity index (χ1n) is 9.90. The van der Waals surface area contributed by atoms with Crippen LogP contribution in [0.3, 0.4) is 0 Å². The second kappa shape index (κ2) is 8.71. The highest BCUT2D eigenvalue weighted by atomic mass is 16.7. The zero-order chi connectivity index (χ0) is 21.0. The van der Waals surface area contributed by atoms with Crippen molar-refractivity contribution in [3.8, 4) is 23.0 Å². The average molecular weight is 413 g/mol. The summed E-state index contributed by atoms with van der Waals surface area (Å²) in [6.07, 6.45) is 1.72. The minimum Gasteiger partial charge on any atom is -0.493 e. The van der Waals surface area contributed by atoms with Gasteiger partial charge in [0.25, 0.3) is 0 Å². The van der Waals surface area contributed by atoms with Crippen LogP contribution in [0.15, 0.2) is 41.4 Å². The van der Waals surface area contributed by atoms with Crippen LogP contribution in [0.4, 0.5) is 5.69 Å². The molecule has 0 bridgehead atoms. The highest BCUT2D eigenvalue weighted by molar-refractivity contribution is 5.92. The van der Waals surface area contributed by atoms with Crippen molar-refractivity contribution < 1.29 is 23.7 Å².